The number of nitrogens with two attached hydrogens (primary N) is 1. The van der Waals surface area contributed by atoms with Gasteiger partial charge >= 0.3 is 6.18 Å². The van der Waals surface area contributed by atoms with Gasteiger partial charge in [0.05, 0.1) is 5.56 Å². The van der Waals surface area contributed by atoms with E-state index in [2.05, 4.69) is 0 Å². The molecule has 20 heavy (non-hydrogen) atoms. The zero-order valence-corrected chi connectivity index (χ0v) is 11.6. The zero-order valence-electron chi connectivity index (χ0n) is 11.6. The topological polar surface area (TPSA) is 26.0 Å². The Morgan fingerprint density at radius 1 is 1.05 bits per heavy atom. The average molecular weight is 285 g/mol. The molecule has 2 rings (SSSR count). The molecule has 0 bridgehead atoms. The highest BCUT2D eigenvalue weighted by Crippen LogP contribution is 2.32. The monoisotopic (exact) mass is 285 g/mol. The van der Waals surface area contributed by atoms with Crippen LogP contribution in [0.1, 0.15) is 62.1 Å². The Balaban J connectivity index is 1.87. The highest BCUT2D eigenvalue weighted by molar-refractivity contribution is 5.26. The van der Waals surface area contributed by atoms with Crippen LogP contribution >= 0.6 is 0 Å². The molecule has 1 atom stereocenters. The fourth-order valence-corrected chi connectivity index (χ4v) is 2.98. The van der Waals surface area contributed by atoms with Gasteiger partial charge in [0.2, 0.25) is 0 Å². The van der Waals surface area contributed by atoms with Crippen LogP contribution in [0.25, 0.3) is 0 Å². The summed E-state index contributed by atoms with van der Waals surface area (Å²) in [5.74, 6) is 0.754. The van der Waals surface area contributed by atoms with Gasteiger partial charge < -0.3 is 5.73 Å². The fourth-order valence-electron chi connectivity index (χ4n) is 2.98. The number of benzene rings is 1. The van der Waals surface area contributed by atoms with E-state index >= 15 is 0 Å². The predicted molar refractivity (Wildman–Crippen MR) is 74.2 cm³/mol. The summed E-state index contributed by atoms with van der Waals surface area (Å²) in [5, 5.41) is 0. The summed E-state index contributed by atoms with van der Waals surface area (Å²) in [4.78, 5) is 0. The van der Waals surface area contributed by atoms with Crippen molar-refractivity contribution < 1.29 is 13.2 Å². The Labute approximate surface area is 118 Å². The second-order valence-corrected chi connectivity index (χ2v) is 5.81. The third-order valence-corrected chi connectivity index (χ3v) is 4.28. The van der Waals surface area contributed by atoms with Crippen LogP contribution in [0.2, 0.25) is 0 Å². The van der Waals surface area contributed by atoms with Gasteiger partial charge in [-0.05, 0) is 36.5 Å². The number of halogens is 3. The number of alkyl halides is 3. The van der Waals surface area contributed by atoms with Crippen LogP contribution < -0.4 is 5.73 Å². The van der Waals surface area contributed by atoms with Crippen molar-refractivity contribution >= 4 is 0 Å². The lowest BCUT2D eigenvalue weighted by atomic mass is 9.84. The van der Waals surface area contributed by atoms with Crippen molar-refractivity contribution in [3.8, 4) is 0 Å². The Kier molecular flexibility index (Phi) is 5.08. The number of hydrogen-bond acceptors (Lipinski definition) is 1. The first kappa shape index (κ1) is 15.4. The van der Waals surface area contributed by atoms with E-state index in [0.29, 0.717) is 0 Å². The summed E-state index contributed by atoms with van der Waals surface area (Å²) in [6, 6.07) is 5.10. The number of rotatable bonds is 4. The summed E-state index contributed by atoms with van der Waals surface area (Å²) in [7, 11) is 0. The second-order valence-electron chi connectivity index (χ2n) is 5.81. The Morgan fingerprint density at radius 2 is 1.65 bits per heavy atom. The van der Waals surface area contributed by atoms with Gasteiger partial charge in [-0.25, -0.2) is 0 Å². The summed E-state index contributed by atoms with van der Waals surface area (Å²) in [6.45, 7) is 0. The minimum absolute atomic E-state index is 0.154. The van der Waals surface area contributed by atoms with Crippen LogP contribution in [-0.4, -0.2) is 0 Å². The molecule has 1 nitrogen and oxygen atoms in total. The van der Waals surface area contributed by atoms with E-state index in [1.807, 2.05) is 0 Å². The molecule has 0 saturated heterocycles. The van der Waals surface area contributed by atoms with E-state index < -0.39 is 11.7 Å². The van der Waals surface area contributed by atoms with Crippen molar-refractivity contribution in [3.63, 3.8) is 0 Å². The maximum atomic E-state index is 12.5. The molecule has 2 N–H and O–H groups in total. The molecule has 0 amide bonds. The summed E-state index contributed by atoms with van der Waals surface area (Å²) in [6.07, 6.45) is 4.17. The molecular formula is C16H22F3N. The maximum Gasteiger partial charge on any atom is 0.416 e. The first-order valence-electron chi connectivity index (χ1n) is 7.39. The third kappa shape index (κ3) is 4.23. The van der Waals surface area contributed by atoms with Crippen molar-refractivity contribution in [2.45, 2.75) is 57.2 Å². The first-order chi connectivity index (χ1) is 9.47. The van der Waals surface area contributed by atoms with Gasteiger partial charge in [0.25, 0.3) is 0 Å². The molecular weight excluding hydrogens is 263 g/mol. The summed E-state index contributed by atoms with van der Waals surface area (Å²) < 4.78 is 37.4. The van der Waals surface area contributed by atoms with Crippen molar-refractivity contribution in [1.29, 1.82) is 0 Å². The van der Waals surface area contributed by atoms with Gasteiger partial charge in [-0.15, -0.1) is 0 Å². The lowest BCUT2D eigenvalue weighted by molar-refractivity contribution is -0.137. The zero-order chi connectivity index (χ0) is 14.6. The highest BCUT2D eigenvalue weighted by Gasteiger charge is 2.30. The molecule has 1 fully saturated rings. The van der Waals surface area contributed by atoms with Crippen LogP contribution in [0.3, 0.4) is 0 Å². The minimum Gasteiger partial charge on any atom is -0.324 e. The van der Waals surface area contributed by atoms with Crippen molar-refractivity contribution in [1.82, 2.24) is 0 Å². The molecule has 1 aliphatic rings. The molecule has 1 saturated carbocycles. The van der Waals surface area contributed by atoms with Gasteiger partial charge in [-0.1, -0.05) is 44.2 Å². The molecule has 0 spiro atoms. The van der Waals surface area contributed by atoms with Crippen molar-refractivity contribution in [2.75, 3.05) is 0 Å². The quantitative estimate of drug-likeness (QED) is 0.821. The minimum atomic E-state index is -4.27. The van der Waals surface area contributed by atoms with E-state index in [-0.39, 0.29) is 6.04 Å². The molecule has 1 aromatic carbocycles. The van der Waals surface area contributed by atoms with Crippen LogP contribution in [0.5, 0.6) is 0 Å². The SMILES string of the molecule is NC(CCC1CCCCC1)c1ccc(C(F)(F)F)cc1. The molecule has 1 aliphatic carbocycles. The second kappa shape index (κ2) is 6.61. The van der Waals surface area contributed by atoms with Crippen LogP contribution in [0, 0.1) is 5.92 Å². The Bertz CT molecular complexity index is 405. The molecule has 1 aromatic rings. The summed E-state index contributed by atoms with van der Waals surface area (Å²) >= 11 is 0. The van der Waals surface area contributed by atoms with Crippen molar-refractivity contribution in [2.24, 2.45) is 11.7 Å². The largest absolute Gasteiger partial charge is 0.416 e. The molecule has 112 valence electrons. The lowest BCUT2D eigenvalue weighted by Gasteiger charge is -2.23. The maximum absolute atomic E-state index is 12.5. The van der Waals surface area contributed by atoms with E-state index in [1.165, 1.54) is 44.2 Å². The Hall–Kier alpha value is -1.03. The third-order valence-electron chi connectivity index (χ3n) is 4.28. The van der Waals surface area contributed by atoms with E-state index in [0.717, 1.165) is 36.5 Å². The van der Waals surface area contributed by atoms with Crippen molar-refractivity contribution in [3.05, 3.63) is 35.4 Å². The smallest absolute Gasteiger partial charge is 0.324 e. The molecule has 0 heterocycles. The molecule has 4 heteroatoms. The summed E-state index contributed by atoms with van der Waals surface area (Å²) in [5.41, 5.74) is 6.28. The molecule has 1 unspecified atom stereocenters. The normalized spacial score (nSPS) is 19.0. The lowest BCUT2D eigenvalue weighted by Crippen LogP contribution is -2.14. The van der Waals surface area contributed by atoms with Crippen LogP contribution in [0.4, 0.5) is 13.2 Å². The Morgan fingerprint density at radius 3 is 2.20 bits per heavy atom. The molecule has 0 radical (unpaired) electrons. The predicted octanol–water partition coefficient (Wildman–Crippen LogP) is 5.07. The highest BCUT2D eigenvalue weighted by atomic mass is 19.4. The number of hydrogen-bond donors (Lipinski definition) is 1. The molecule has 0 aromatic heterocycles. The van der Waals surface area contributed by atoms with Gasteiger partial charge in [0.15, 0.2) is 0 Å². The average Bonchev–Trinajstić information content (AvgIpc) is 2.45. The molecule has 0 aliphatic heterocycles. The van der Waals surface area contributed by atoms with Gasteiger partial charge in [-0.3, -0.25) is 0 Å². The van der Waals surface area contributed by atoms with Gasteiger partial charge in [0.1, 0.15) is 0 Å². The van der Waals surface area contributed by atoms with E-state index in [9.17, 15) is 13.2 Å². The van der Waals surface area contributed by atoms with Gasteiger partial charge in [-0.2, -0.15) is 13.2 Å². The van der Waals surface area contributed by atoms with Crippen LogP contribution in [0.15, 0.2) is 24.3 Å². The van der Waals surface area contributed by atoms with Gasteiger partial charge in [0, 0.05) is 6.04 Å². The standard InChI is InChI=1S/C16H22F3N/c17-16(18,19)14-9-7-13(8-10-14)15(20)11-6-12-4-2-1-3-5-12/h7-10,12,15H,1-6,11,20H2. The van der Waals surface area contributed by atoms with E-state index in [4.69, 9.17) is 5.73 Å². The van der Waals surface area contributed by atoms with E-state index in [1.54, 1.807) is 0 Å². The first-order valence-corrected chi connectivity index (χ1v) is 7.39. The van der Waals surface area contributed by atoms with Crippen LogP contribution in [-0.2, 0) is 6.18 Å². The fraction of sp³-hybridized carbons (Fsp3) is 0.625.